The van der Waals surface area contributed by atoms with Gasteiger partial charge in [0.1, 0.15) is 12.9 Å². The summed E-state index contributed by atoms with van der Waals surface area (Å²) in [5.74, 6) is 0.571. The Morgan fingerprint density at radius 1 is 1.15 bits per heavy atom. The second-order valence-electron chi connectivity index (χ2n) is 6.31. The van der Waals surface area contributed by atoms with Crippen molar-refractivity contribution in [2.24, 2.45) is 0 Å². The molecule has 0 amide bonds. The number of hydrogen-bond donors (Lipinski definition) is 1. The molecule has 0 fully saturated rings. The average molecular weight is 384 g/mol. The minimum Gasteiger partial charge on any atom is -0.496 e. The highest BCUT2D eigenvalue weighted by atomic mass is 32.1. The van der Waals surface area contributed by atoms with E-state index in [2.05, 4.69) is 20.5 Å². The Morgan fingerprint density at radius 3 is 2.77 bits per heavy atom. The van der Waals surface area contributed by atoms with E-state index in [-0.39, 0.29) is 0 Å². The van der Waals surface area contributed by atoms with Gasteiger partial charge in [-0.25, -0.2) is 4.98 Å². The van der Waals surface area contributed by atoms with Crippen molar-refractivity contribution in [1.29, 1.82) is 0 Å². The fraction of sp³-hybridized carbons (Fsp3) is 0.167. The minimum atomic E-state index is -2.51. The first-order chi connectivity index (χ1) is 12.5. The van der Waals surface area contributed by atoms with Crippen LogP contribution in [0.25, 0.3) is 21.1 Å². The topological polar surface area (TPSA) is 77.0 Å². The maximum absolute atomic E-state index is 12.7. The molecule has 6 nitrogen and oxygen atoms in total. The van der Waals surface area contributed by atoms with E-state index >= 15 is 0 Å². The van der Waals surface area contributed by atoms with Crippen LogP contribution in [0, 0.1) is 0 Å². The lowest BCUT2D eigenvalue weighted by molar-refractivity contribution is 0.418. The first-order valence-corrected chi connectivity index (χ1v) is 11.4. The fourth-order valence-corrected chi connectivity index (χ4v) is 4.63. The van der Waals surface area contributed by atoms with Crippen molar-refractivity contribution in [3.05, 3.63) is 42.0 Å². The van der Waals surface area contributed by atoms with Crippen LogP contribution in [0.2, 0.25) is 0 Å². The summed E-state index contributed by atoms with van der Waals surface area (Å²) in [7, 11) is -0.944. The molecule has 0 atom stereocenters. The molecule has 132 valence electrons. The van der Waals surface area contributed by atoms with E-state index in [1.807, 2.05) is 29.8 Å². The molecule has 0 bridgehead atoms. The van der Waals surface area contributed by atoms with E-state index < -0.39 is 7.14 Å². The van der Waals surface area contributed by atoms with Crippen LogP contribution in [0.4, 0.5) is 11.4 Å². The van der Waals surface area contributed by atoms with Gasteiger partial charge in [0.05, 0.1) is 45.5 Å². The smallest absolute Gasteiger partial charge is 0.131 e. The zero-order valence-electron chi connectivity index (χ0n) is 14.6. The van der Waals surface area contributed by atoms with Crippen molar-refractivity contribution in [3.63, 3.8) is 0 Å². The van der Waals surface area contributed by atoms with E-state index in [0.29, 0.717) is 16.6 Å². The molecule has 0 aliphatic heterocycles. The second kappa shape index (κ2) is 6.34. The molecule has 8 heteroatoms. The summed E-state index contributed by atoms with van der Waals surface area (Å²) in [6, 6.07) is 9.70. The van der Waals surface area contributed by atoms with Crippen LogP contribution in [0.15, 0.2) is 42.0 Å². The van der Waals surface area contributed by atoms with Gasteiger partial charge in [0.2, 0.25) is 0 Å². The molecule has 0 aliphatic rings. The number of rotatable bonds is 4. The average Bonchev–Trinajstić information content (AvgIpc) is 3.08. The van der Waals surface area contributed by atoms with Crippen LogP contribution < -0.4 is 15.4 Å². The lowest BCUT2D eigenvalue weighted by Crippen LogP contribution is -2.09. The Kier molecular flexibility index (Phi) is 4.13. The Labute approximate surface area is 154 Å². The molecule has 0 aliphatic carbocycles. The van der Waals surface area contributed by atoms with Gasteiger partial charge in [-0.1, -0.05) is 0 Å². The zero-order valence-corrected chi connectivity index (χ0v) is 16.3. The molecule has 0 spiro atoms. The summed E-state index contributed by atoms with van der Waals surface area (Å²) in [5.41, 5.74) is 5.16. The van der Waals surface area contributed by atoms with Gasteiger partial charge in [0, 0.05) is 17.1 Å². The maximum atomic E-state index is 12.7. The lowest BCUT2D eigenvalue weighted by atomic mass is 10.2. The molecule has 2 aromatic carbocycles. The largest absolute Gasteiger partial charge is 0.496 e. The van der Waals surface area contributed by atoms with E-state index in [1.54, 1.807) is 44.0 Å². The van der Waals surface area contributed by atoms with Crippen molar-refractivity contribution in [2.75, 3.05) is 25.8 Å². The number of benzene rings is 2. The molecular formula is C18H17N4O2PS. The molecule has 1 N–H and O–H groups in total. The number of nitrogens with one attached hydrogen (secondary N) is 1. The molecule has 0 saturated heterocycles. The number of fused-ring (bicyclic) bond motifs is 2. The molecule has 4 rings (SSSR count). The Hall–Kier alpha value is -2.50. The molecule has 4 aromatic rings. The van der Waals surface area contributed by atoms with Gasteiger partial charge < -0.3 is 14.6 Å². The number of anilines is 2. The number of aromatic nitrogens is 3. The lowest BCUT2D eigenvalue weighted by Gasteiger charge is -2.15. The number of thiazole rings is 1. The third kappa shape index (κ3) is 3.04. The van der Waals surface area contributed by atoms with E-state index in [4.69, 9.17) is 4.74 Å². The van der Waals surface area contributed by atoms with Gasteiger partial charge in [0.25, 0.3) is 0 Å². The number of ether oxygens (including phenoxy) is 1. The zero-order chi connectivity index (χ0) is 18.3. The number of methoxy groups -OCH3 is 1. The Bertz CT molecular complexity index is 1170. The van der Waals surface area contributed by atoms with Gasteiger partial charge in [0.15, 0.2) is 0 Å². The highest BCUT2D eigenvalue weighted by Gasteiger charge is 2.19. The predicted octanol–water partition coefficient (Wildman–Crippen LogP) is 4.24. The van der Waals surface area contributed by atoms with Gasteiger partial charge in [-0.05, 0) is 37.6 Å². The normalized spacial score (nSPS) is 11.8. The first kappa shape index (κ1) is 16.9. The first-order valence-electron chi connectivity index (χ1n) is 7.95. The summed E-state index contributed by atoms with van der Waals surface area (Å²) < 4.78 is 19.2. The maximum Gasteiger partial charge on any atom is 0.131 e. The van der Waals surface area contributed by atoms with Crippen LogP contribution in [-0.4, -0.2) is 35.6 Å². The third-order valence-corrected chi connectivity index (χ3v) is 6.45. The molecule has 0 unspecified atom stereocenters. The van der Waals surface area contributed by atoms with Crippen molar-refractivity contribution in [2.45, 2.75) is 0 Å². The molecule has 2 heterocycles. The summed E-state index contributed by atoms with van der Waals surface area (Å²) in [4.78, 5) is 4.35. The van der Waals surface area contributed by atoms with E-state index in [0.717, 1.165) is 27.0 Å². The van der Waals surface area contributed by atoms with Gasteiger partial charge in [-0.2, -0.15) is 10.2 Å². The summed E-state index contributed by atoms with van der Waals surface area (Å²) >= 11 is 1.61. The van der Waals surface area contributed by atoms with Crippen molar-refractivity contribution >= 4 is 56.3 Å². The molecular weight excluding hydrogens is 367 g/mol. The quantitative estimate of drug-likeness (QED) is 0.531. The monoisotopic (exact) mass is 384 g/mol. The standard InChI is InChI=1S/C18H17N4O2PS/c1-24-16-8-13-12(7-17(16)25(2,3)23)15(9-20-22-13)21-11-4-5-18-14(6-11)19-10-26-18/h4-10H,1-3H3,(H,21,22). The molecule has 2 aromatic heterocycles. The molecule has 0 saturated carbocycles. The van der Waals surface area contributed by atoms with Crippen molar-refractivity contribution in [1.82, 2.24) is 15.2 Å². The van der Waals surface area contributed by atoms with Crippen LogP contribution in [-0.2, 0) is 4.57 Å². The van der Waals surface area contributed by atoms with Gasteiger partial charge in [-0.15, -0.1) is 11.3 Å². The van der Waals surface area contributed by atoms with E-state index in [9.17, 15) is 4.57 Å². The molecule has 26 heavy (non-hydrogen) atoms. The summed E-state index contributed by atoms with van der Waals surface area (Å²) in [6.45, 7) is 3.46. The van der Waals surface area contributed by atoms with E-state index in [1.165, 1.54) is 0 Å². The predicted molar refractivity (Wildman–Crippen MR) is 108 cm³/mol. The van der Waals surface area contributed by atoms with Gasteiger partial charge in [-0.3, -0.25) is 0 Å². The third-order valence-electron chi connectivity index (χ3n) is 4.13. The van der Waals surface area contributed by atoms with Crippen LogP contribution >= 0.6 is 18.5 Å². The van der Waals surface area contributed by atoms with Crippen LogP contribution in [0.1, 0.15) is 0 Å². The summed E-state index contributed by atoms with van der Waals surface area (Å²) in [6.07, 6.45) is 1.67. The van der Waals surface area contributed by atoms with Crippen LogP contribution in [0.5, 0.6) is 5.75 Å². The van der Waals surface area contributed by atoms with Crippen molar-refractivity contribution in [3.8, 4) is 5.75 Å². The van der Waals surface area contributed by atoms with Crippen molar-refractivity contribution < 1.29 is 9.30 Å². The second-order valence-corrected chi connectivity index (χ2v) is 10.4. The van der Waals surface area contributed by atoms with Gasteiger partial charge >= 0.3 is 0 Å². The Morgan fingerprint density at radius 2 is 2.00 bits per heavy atom. The fourth-order valence-electron chi connectivity index (χ4n) is 2.85. The number of nitrogens with zero attached hydrogens (tertiary/aromatic N) is 3. The minimum absolute atomic E-state index is 0.571. The SMILES string of the molecule is COc1cc2nncc(Nc3ccc4scnc4c3)c2cc1P(C)(C)=O. The number of hydrogen-bond acceptors (Lipinski definition) is 7. The Balaban J connectivity index is 1.85. The van der Waals surface area contributed by atoms with Crippen LogP contribution in [0.3, 0.4) is 0 Å². The summed E-state index contributed by atoms with van der Waals surface area (Å²) in [5, 5.41) is 13.2. The molecule has 0 radical (unpaired) electrons. The highest BCUT2D eigenvalue weighted by Crippen LogP contribution is 2.40. The highest BCUT2D eigenvalue weighted by molar-refractivity contribution is 7.70.